The lowest BCUT2D eigenvalue weighted by atomic mass is 9.90. The molecule has 1 aliphatic carbocycles. The highest BCUT2D eigenvalue weighted by atomic mass is 15.3. The maximum atomic E-state index is 5.43. The molecular formula is C50H38N6. The van der Waals surface area contributed by atoms with Gasteiger partial charge in [0.25, 0.3) is 0 Å². The lowest BCUT2D eigenvalue weighted by Crippen LogP contribution is -2.54. The molecule has 268 valence electrons. The van der Waals surface area contributed by atoms with Crippen LogP contribution in [0.1, 0.15) is 29.4 Å². The minimum absolute atomic E-state index is 0.0515. The zero-order chi connectivity index (χ0) is 37.0. The zero-order valence-electron chi connectivity index (χ0n) is 30.6. The number of aromatic nitrogens is 3. The van der Waals surface area contributed by atoms with Gasteiger partial charge in [0.05, 0.1) is 33.9 Å². The summed E-state index contributed by atoms with van der Waals surface area (Å²) in [5.74, 6) is 1.95. The second-order valence-corrected chi connectivity index (χ2v) is 14.7. The number of pyridine rings is 1. The molecule has 0 spiro atoms. The Balaban J connectivity index is 1.03. The minimum Gasteiger partial charge on any atom is -0.354 e. The molecule has 0 saturated carbocycles. The molecule has 11 rings (SSSR count). The smallest absolute Gasteiger partial charge is 0.146 e. The van der Waals surface area contributed by atoms with Gasteiger partial charge in [0.1, 0.15) is 17.8 Å². The van der Waals surface area contributed by atoms with Crippen molar-refractivity contribution in [3.05, 3.63) is 205 Å². The maximum Gasteiger partial charge on any atom is 0.146 e. The Morgan fingerprint density at radius 1 is 0.536 bits per heavy atom. The molecule has 6 nitrogen and oxygen atoms in total. The highest BCUT2D eigenvalue weighted by Gasteiger charge is 2.30. The molecule has 0 radical (unpaired) electrons. The Hall–Kier alpha value is -7.02. The van der Waals surface area contributed by atoms with E-state index < -0.39 is 0 Å². The van der Waals surface area contributed by atoms with Crippen molar-refractivity contribution >= 4 is 55.0 Å². The fourth-order valence-corrected chi connectivity index (χ4v) is 8.68. The van der Waals surface area contributed by atoms with Gasteiger partial charge >= 0.3 is 0 Å². The molecule has 4 heterocycles. The van der Waals surface area contributed by atoms with Crippen molar-refractivity contribution in [2.45, 2.75) is 18.8 Å². The van der Waals surface area contributed by atoms with Gasteiger partial charge in [-0.25, -0.2) is 9.98 Å². The van der Waals surface area contributed by atoms with Crippen LogP contribution in [0, 0.1) is 5.92 Å². The van der Waals surface area contributed by atoms with Crippen LogP contribution in [0.15, 0.2) is 193 Å². The molecular weight excluding hydrogens is 685 g/mol. The highest BCUT2D eigenvalue weighted by Crippen LogP contribution is 2.39. The first kappa shape index (κ1) is 32.4. The van der Waals surface area contributed by atoms with Crippen LogP contribution >= 0.6 is 0 Å². The number of benzene rings is 6. The van der Waals surface area contributed by atoms with Crippen molar-refractivity contribution in [1.29, 1.82) is 0 Å². The third-order valence-corrected chi connectivity index (χ3v) is 11.3. The van der Waals surface area contributed by atoms with Gasteiger partial charge in [0.2, 0.25) is 0 Å². The molecule has 3 unspecified atom stereocenters. The summed E-state index contributed by atoms with van der Waals surface area (Å²) in [6.45, 7) is 0. The first-order chi connectivity index (χ1) is 27.8. The van der Waals surface area contributed by atoms with Gasteiger partial charge in [-0.15, -0.1) is 0 Å². The van der Waals surface area contributed by atoms with E-state index >= 15 is 0 Å². The number of hydrogen-bond donors (Lipinski definition) is 2. The standard InChI is InChI=1S/C50H38N6/c1-4-15-33(16-5-1)34-27-29-36(30-28-34)49-52-48(35-17-6-2-7-18-35)53-50(54-49)42-23-14-26-47(51-42)56-44-25-13-11-22-39(44)41-31-40-38-21-10-12-24-43(38)55(45(40)32-46(41)56)37-19-8-3-9-20-37/h1-29,31-32,36,49-50,54H,30H2,(H,52,53). The topological polar surface area (TPSA) is 59.2 Å². The van der Waals surface area contributed by atoms with Crippen molar-refractivity contribution in [3.63, 3.8) is 0 Å². The number of rotatable bonds is 6. The summed E-state index contributed by atoms with van der Waals surface area (Å²) in [6, 6.07) is 60.1. The Bertz CT molecular complexity index is 3010. The van der Waals surface area contributed by atoms with E-state index in [0.29, 0.717) is 0 Å². The second kappa shape index (κ2) is 13.4. The van der Waals surface area contributed by atoms with Crippen molar-refractivity contribution in [3.8, 4) is 11.5 Å². The first-order valence-corrected chi connectivity index (χ1v) is 19.4. The van der Waals surface area contributed by atoms with Gasteiger partial charge in [-0.05, 0) is 66.1 Å². The molecule has 0 fully saturated rings. The van der Waals surface area contributed by atoms with Crippen molar-refractivity contribution in [2.75, 3.05) is 0 Å². The van der Waals surface area contributed by atoms with Gasteiger partial charge in [-0.2, -0.15) is 0 Å². The number of para-hydroxylation sites is 3. The molecule has 9 aromatic rings. The molecule has 3 aromatic heterocycles. The summed E-state index contributed by atoms with van der Waals surface area (Å²) < 4.78 is 4.70. The largest absolute Gasteiger partial charge is 0.354 e. The van der Waals surface area contributed by atoms with Crippen LogP contribution in [0.5, 0.6) is 0 Å². The number of allylic oxidation sites excluding steroid dienone is 3. The first-order valence-electron chi connectivity index (χ1n) is 19.4. The summed E-state index contributed by atoms with van der Waals surface area (Å²) in [5, 5.41) is 12.5. The molecule has 0 bridgehead atoms. The number of hydrogen-bond acceptors (Lipinski definition) is 4. The fourth-order valence-electron chi connectivity index (χ4n) is 8.68. The summed E-state index contributed by atoms with van der Waals surface area (Å²) >= 11 is 0. The van der Waals surface area contributed by atoms with E-state index in [2.05, 4.69) is 202 Å². The van der Waals surface area contributed by atoms with Crippen molar-refractivity contribution in [2.24, 2.45) is 10.9 Å². The van der Waals surface area contributed by atoms with E-state index in [-0.39, 0.29) is 18.2 Å². The van der Waals surface area contributed by atoms with E-state index in [4.69, 9.17) is 9.98 Å². The fraction of sp³-hybridized carbons (Fsp3) is 0.0800. The molecule has 1 aliphatic heterocycles. The van der Waals surface area contributed by atoms with E-state index in [9.17, 15) is 0 Å². The minimum atomic E-state index is -0.357. The van der Waals surface area contributed by atoms with Gasteiger partial charge in [0, 0.05) is 38.7 Å². The van der Waals surface area contributed by atoms with E-state index in [0.717, 1.165) is 51.6 Å². The van der Waals surface area contributed by atoms with E-state index in [1.165, 1.54) is 38.2 Å². The predicted octanol–water partition coefficient (Wildman–Crippen LogP) is 10.9. The van der Waals surface area contributed by atoms with E-state index in [1.54, 1.807) is 0 Å². The Morgan fingerprint density at radius 3 is 1.86 bits per heavy atom. The van der Waals surface area contributed by atoms with Gasteiger partial charge < -0.3 is 9.88 Å². The Morgan fingerprint density at radius 2 is 1.16 bits per heavy atom. The SMILES string of the molecule is C1=CC(C2NC(c3ccccc3)=NC(c3cccc(-n4c5ccccc5c5cc6c7ccccc7n(-c7ccccc7)c6cc54)n3)N2)CC=C1c1ccccc1. The quantitative estimate of drug-likeness (QED) is 0.180. The molecule has 0 saturated heterocycles. The van der Waals surface area contributed by atoms with Crippen LogP contribution < -0.4 is 10.6 Å². The lowest BCUT2D eigenvalue weighted by molar-refractivity contribution is 0.325. The highest BCUT2D eigenvalue weighted by molar-refractivity contribution is 6.19. The van der Waals surface area contributed by atoms with Crippen LogP contribution in [0.3, 0.4) is 0 Å². The number of amidine groups is 1. The van der Waals surface area contributed by atoms with Crippen LogP contribution in [0.2, 0.25) is 0 Å². The summed E-state index contributed by atoms with van der Waals surface area (Å²) in [5.41, 5.74) is 10.1. The number of nitrogens with one attached hydrogen (secondary N) is 2. The summed E-state index contributed by atoms with van der Waals surface area (Å²) in [6.07, 6.45) is 7.43. The molecule has 6 heteroatoms. The predicted molar refractivity (Wildman–Crippen MR) is 230 cm³/mol. The second-order valence-electron chi connectivity index (χ2n) is 14.7. The van der Waals surface area contributed by atoms with Crippen LogP contribution in [0.4, 0.5) is 0 Å². The zero-order valence-corrected chi connectivity index (χ0v) is 30.6. The van der Waals surface area contributed by atoms with Gasteiger partial charge in [-0.1, -0.05) is 140 Å². The van der Waals surface area contributed by atoms with E-state index in [1.807, 2.05) is 6.07 Å². The van der Waals surface area contributed by atoms with Crippen LogP contribution in [0.25, 0.3) is 60.7 Å². The van der Waals surface area contributed by atoms with Crippen LogP contribution in [-0.2, 0) is 0 Å². The Kier molecular flexibility index (Phi) is 7.74. The van der Waals surface area contributed by atoms with Gasteiger partial charge in [0.15, 0.2) is 0 Å². The molecule has 2 N–H and O–H groups in total. The van der Waals surface area contributed by atoms with Crippen molar-refractivity contribution < 1.29 is 0 Å². The normalized spacial score (nSPS) is 18.3. The Labute approximate surface area is 324 Å². The van der Waals surface area contributed by atoms with Gasteiger partial charge in [-0.3, -0.25) is 9.88 Å². The van der Waals surface area contributed by atoms with Crippen LogP contribution in [-0.4, -0.2) is 26.1 Å². The number of nitrogens with zero attached hydrogens (tertiary/aromatic N) is 4. The van der Waals surface area contributed by atoms with Crippen molar-refractivity contribution in [1.82, 2.24) is 24.8 Å². The summed E-state index contributed by atoms with van der Waals surface area (Å²) in [7, 11) is 0. The average Bonchev–Trinajstić information content (AvgIpc) is 3.78. The molecule has 6 aromatic carbocycles. The number of aliphatic imine (C=N–C) groups is 1. The number of fused-ring (bicyclic) bond motifs is 6. The molecule has 0 amide bonds. The third-order valence-electron chi connectivity index (χ3n) is 11.3. The monoisotopic (exact) mass is 722 g/mol. The maximum absolute atomic E-state index is 5.43. The molecule has 56 heavy (non-hydrogen) atoms. The molecule has 3 atom stereocenters. The average molecular weight is 723 g/mol. The summed E-state index contributed by atoms with van der Waals surface area (Å²) in [4.78, 5) is 10.7. The molecule has 2 aliphatic rings. The lowest BCUT2D eigenvalue weighted by Gasteiger charge is -2.36. The third kappa shape index (κ3) is 5.45.